The Bertz CT molecular complexity index is 684. The zero-order valence-corrected chi connectivity index (χ0v) is 13.0. The standard InChI is InChI=1S/C18H20N2O3/c1-2-23-17(21)12-20-11-15-10-14(8-9-16(15)19)18(22)13-6-4-3-5-7-13/h3-10,20H,2,11-12,19H2,1H3. The monoisotopic (exact) mass is 312 g/mol. The lowest BCUT2D eigenvalue weighted by molar-refractivity contribution is -0.142. The van der Waals surface area contributed by atoms with Crippen LogP contribution in [0.2, 0.25) is 0 Å². The van der Waals surface area contributed by atoms with Gasteiger partial charge in [-0.25, -0.2) is 0 Å². The van der Waals surface area contributed by atoms with Crippen molar-refractivity contribution in [2.45, 2.75) is 13.5 Å². The summed E-state index contributed by atoms with van der Waals surface area (Å²) in [7, 11) is 0. The van der Waals surface area contributed by atoms with Gasteiger partial charge in [0.25, 0.3) is 0 Å². The van der Waals surface area contributed by atoms with Gasteiger partial charge in [-0.3, -0.25) is 9.59 Å². The van der Waals surface area contributed by atoms with Crippen LogP contribution in [0, 0.1) is 0 Å². The first-order valence-electron chi connectivity index (χ1n) is 7.46. The summed E-state index contributed by atoms with van der Waals surface area (Å²) in [6, 6.07) is 14.2. The molecule has 3 N–H and O–H groups in total. The number of nitrogen functional groups attached to an aromatic ring is 1. The number of carbonyl (C=O) groups is 2. The van der Waals surface area contributed by atoms with Crippen LogP contribution >= 0.6 is 0 Å². The van der Waals surface area contributed by atoms with Crippen LogP contribution in [-0.2, 0) is 16.1 Å². The van der Waals surface area contributed by atoms with Gasteiger partial charge in [0.15, 0.2) is 5.78 Å². The molecule has 0 aliphatic rings. The second kappa shape index (κ2) is 8.10. The van der Waals surface area contributed by atoms with E-state index < -0.39 is 0 Å². The Morgan fingerprint density at radius 2 is 1.83 bits per heavy atom. The van der Waals surface area contributed by atoms with Gasteiger partial charge in [-0.15, -0.1) is 0 Å². The van der Waals surface area contributed by atoms with Crippen LogP contribution < -0.4 is 11.1 Å². The molecular formula is C18H20N2O3. The summed E-state index contributed by atoms with van der Waals surface area (Å²) in [6.07, 6.45) is 0. The summed E-state index contributed by atoms with van der Waals surface area (Å²) in [6.45, 7) is 2.60. The van der Waals surface area contributed by atoms with Crippen LogP contribution in [0.15, 0.2) is 48.5 Å². The van der Waals surface area contributed by atoms with Crippen molar-refractivity contribution in [2.24, 2.45) is 0 Å². The van der Waals surface area contributed by atoms with Crippen LogP contribution in [0.4, 0.5) is 5.69 Å². The largest absolute Gasteiger partial charge is 0.465 e. The van der Waals surface area contributed by atoms with E-state index in [2.05, 4.69) is 5.32 Å². The van der Waals surface area contributed by atoms with E-state index >= 15 is 0 Å². The first kappa shape index (κ1) is 16.7. The SMILES string of the molecule is CCOC(=O)CNCc1cc(C(=O)c2ccccc2)ccc1N. The highest BCUT2D eigenvalue weighted by Gasteiger charge is 2.11. The molecular weight excluding hydrogens is 292 g/mol. The molecule has 2 aromatic rings. The molecule has 0 radical (unpaired) electrons. The number of nitrogens with one attached hydrogen (secondary N) is 1. The molecule has 0 amide bonds. The lowest BCUT2D eigenvalue weighted by Crippen LogP contribution is -2.24. The number of esters is 1. The quantitative estimate of drug-likeness (QED) is 0.465. The van der Waals surface area contributed by atoms with Crippen molar-refractivity contribution < 1.29 is 14.3 Å². The molecule has 0 atom stereocenters. The van der Waals surface area contributed by atoms with Gasteiger partial charge in [0.2, 0.25) is 0 Å². The van der Waals surface area contributed by atoms with E-state index in [1.54, 1.807) is 37.3 Å². The molecule has 0 aromatic heterocycles. The lowest BCUT2D eigenvalue weighted by Gasteiger charge is -2.10. The molecule has 2 rings (SSSR count). The summed E-state index contributed by atoms with van der Waals surface area (Å²) in [5.74, 6) is -0.375. The van der Waals surface area contributed by atoms with E-state index in [0.717, 1.165) is 5.56 Å². The fourth-order valence-corrected chi connectivity index (χ4v) is 2.17. The maximum Gasteiger partial charge on any atom is 0.319 e. The van der Waals surface area contributed by atoms with Crippen molar-refractivity contribution in [3.8, 4) is 0 Å². The highest BCUT2D eigenvalue weighted by atomic mass is 16.5. The minimum Gasteiger partial charge on any atom is -0.465 e. The summed E-state index contributed by atoms with van der Waals surface area (Å²) in [5, 5.41) is 2.97. The average Bonchev–Trinajstić information content (AvgIpc) is 2.57. The minimum absolute atomic E-state index is 0.0581. The molecule has 0 spiro atoms. The Hall–Kier alpha value is -2.66. The molecule has 0 unspecified atom stereocenters. The maximum absolute atomic E-state index is 12.4. The highest BCUT2D eigenvalue weighted by Crippen LogP contribution is 2.17. The molecule has 0 bridgehead atoms. The number of hydrogen-bond acceptors (Lipinski definition) is 5. The van der Waals surface area contributed by atoms with E-state index in [-0.39, 0.29) is 18.3 Å². The predicted molar refractivity (Wildman–Crippen MR) is 89.1 cm³/mol. The van der Waals surface area contributed by atoms with Crippen molar-refractivity contribution in [2.75, 3.05) is 18.9 Å². The average molecular weight is 312 g/mol. The Labute approximate surface area is 135 Å². The molecule has 5 nitrogen and oxygen atoms in total. The van der Waals surface area contributed by atoms with Crippen LogP contribution in [-0.4, -0.2) is 24.9 Å². The Morgan fingerprint density at radius 1 is 1.09 bits per heavy atom. The number of nitrogens with two attached hydrogens (primary N) is 1. The summed E-state index contributed by atoms with van der Waals surface area (Å²) in [4.78, 5) is 23.7. The fraction of sp³-hybridized carbons (Fsp3) is 0.222. The lowest BCUT2D eigenvalue weighted by atomic mass is 10.0. The predicted octanol–water partition coefficient (Wildman–Crippen LogP) is 2.15. The van der Waals surface area contributed by atoms with Crippen molar-refractivity contribution in [3.63, 3.8) is 0 Å². The first-order chi connectivity index (χ1) is 11.1. The number of ketones is 1. The topological polar surface area (TPSA) is 81.4 Å². The van der Waals surface area contributed by atoms with E-state index in [0.29, 0.717) is 30.0 Å². The molecule has 0 fully saturated rings. The maximum atomic E-state index is 12.4. The molecule has 2 aromatic carbocycles. The minimum atomic E-state index is -0.317. The van der Waals surface area contributed by atoms with Crippen molar-refractivity contribution >= 4 is 17.4 Å². The van der Waals surface area contributed by atoms with Crippen LogP contribution in [0.25, 0.3) is 0 Å². The summed E-state index contributed by atoms with van der Waals surface area (Å²) < 4.78 is 4.84. The third-order valence-corrected chi connectivity index (χ3v) is 3.33. The Morgan fingerprint density at radius 3 is 2.52 bits per heavy atom. The van der Waals surface area contributed by atoms with Gasteiger partial charge in [-0.1, -0.05) is 30.3 Å². The zero-order valence-electron chi connectivity index (χ0n) is 13.0. The second-order valence-corrected chi connectivity index (χ2v) is 5.02. The van der Waals surface area contributed by atoms with Crippen LogP contribution in [0.1, 0.15) is 28.4 Å². The van der Waals surface area contributed by atoms with Gasteiger partial charge in [0, 0.05) is 23.4 Å². The molecule has 0 heterocycles. The molecule has 0 saturated carbocycles. The molecule has 0 aliphatic heterocycles. The summed E-state index contributed by atoms with van der Waals surface area (Å²) >= 11 is 0. The van der Waals surface area contributed by atoms with Crippen LogP contribution in [0.3, 0.4) is 0 Å². The van der Waals surface area contributed by atoms with Crippen LogP contribution in [0.5, 0.6) is 0 Å². The Kier molecular flexibility index (Phi) is 5.88. The first-order valence-corrected chi connectivity index (χ1v) is 7.46. The summed E-state index contributed by atoms with van der Waals surface area (Å²) in [5.41, 5.74) is 8.48. The number of ether oxygens (including phenoxy) is 1. The van der Waals surface area contributed by atoms with Gasteiger partial charge >= 0.3 is 5.97 Å². The number of hydrogen-bond donors (Lipinski definition) is 2. The van der Waals surface area contributed by atoms with E-state index in [4.69, 9.17) is 10.5 Å². The van der Waals surface area contributed by atoms with Crippen molar-refractivity contribution in [1.82, 2.24) is 5.32 Å². The third kappa shape index (κ3) is 4.66. The van der Waals surface area contributed by atoms with Gasteiger partial charge in [-0.2, -0.15) is 0 Å². The van der Waals surface area contributed by atoms with E-state index in [1.165, 1.54) is 0 Å². The molecule has 0 saturated heterocycles. The third-order valence-electron chi connectivity index (χ3n) is 3.33. The molecule has 23 heavy (non-hydrogen) atoms. The highest BCUT2D eigenvalue weighted by molar-refractivity contribution is 6.09. The fourth-order valence-electron chi connectivity index (χ4n) is 2.17. The number of benzene rings is 2. The number of carbonyl (C=O) groups excluding carboxylic acids is 2. The smallest absolute Gasteiger partial charge is 0.319 e. The second-order valence-electron chi connectivity index (χ2n) is 5.02. The van der Waals surface area contributed by atoms with Gasteiger partial charge < -0.3 is 15.8 Å². The molecule has 5 heteroatoms. The van der Waals surface area contributed by atoms with Gasteiger partial charge in [0.05, 0.1) is 13.2 Å². The number of anilines is 1. The van der Waals surface area contributed by atoms with E-state index in [1.807, 2.05) is 18.2 Å². The molecule has 120 valence electrons. The van der Waals surface area contributed by atoms with Crippen molar-refractivity contribution in [1.29, 1.82) is 0 Å². The van der Waals surface area contributed by atoms with Gasteiger partial charge in [-0.05, 0) is 30.7 Å². The zero-order chi connectivity index (χ0) is 16.7. The number of rotatable bonds is 7. The van der Waals surface area contributed by atoms with E-state index in [9.17, 15) is 9.59 Å². The van der Waals surface area contributed by atoms with Crippen molar-refractivity contribution in [3.05, 3.63) is 65.2 Å². The van der Waals surface area contributed by atoms with Gasteiger partial charge in [0.1, 0.15) is 0 Å². The Balaban J connectivity index is 2.07. The normalized spacial score (nSPS) is 10.3. The molecule has 0 aliphatic carbocycles.